The maximum absolute atomic E-state index is 9.04. The van der Waals surface area contributed by atoms with E-state index in [0.29, 0.717) is 0 Å². The van der Waals surface area contributed by atoms with Gasteiger partial charge in [0.05, 0.1) is 23.9 Å². The largest absolute Gasteiger partial charge is 0.394 e. The van der Waals surface area contributed by atoms with Gasteiger partial charge < -0.3 is 10.8 Å². The van der Waals surface area contributed by atoms with Gasteiger partial charge in [-0.2, -0.15) is 5.10 Å². The number of rotatable bonds is 2. The Balaban J connectivity index is 2.69. The molecule has 0 radical (unpaired) electrons. The van der Waals surface area contributed by atoms with Crippen molar-refractivity contribution in [1.82, 2.24) is 9.78 Å². The van der Waals surface area contributed by atoms with Crippen LogP contribution in [0.15, 0.2) is 22.7 Å². The summed E-state index contributed by atoms with van der Waals surface area (Å²) in [6, 6.07) is 5.47. The van der Waals surface area contributed by atoms with Crippen LogP contribution in [0.3, 0.4) is 0 Å². The molecule has 4 nitrogen and oxygen atoms in total. The van der Waals surface area contributed by atoms with Crippen molar-refractivity contribution >= 4 is 26.8 Å². The minimum Gasteiger partial charge on any atom is -0.394 e. The van der Waals surface area contributed by atoms with Crippen LogP contribution in [-0.2, 0) is 7.05 Å². The van der Waals surface area contributed by atoms with E-state index in [1.807, 2.05) is 25.2 Å². The Hall–Kier alpha value is -0.910. The van der Waals surface area contributed by atoms with Crippen molar-refractivity contribution in [3.63, 3.8) is 0 Å². The normalized spacial score (nSPS) is 13.3. The Labute approximate surface area is 95.8 Å². The molecule has 0 aliphatic carbocycles. The zero-order chi connectivity index (χ0) is 11.0. The number of fused-ring (bicyclic) bond motifs is 1. The highest BCUT2D eigenvalue weighted by atomic mass is 79.9. The van der Waals surface area contributed by atoms with Gasteiger partial charge in [-0.25, -0.2) is 0 Å². The van der Waals surface area contributed by atoms with E-state index in [-0.39, 0.29) is 6.61 Å². The monoisotopic (exact) mass is 269 g/mol. The predicted molar refractivity (Wildman–Crippen MR) is 62.4 cm³/mol. The van der Waals surface area contributed by atoms with Gasteiger partial charge in [0.15, 0.2) is 0 Å². The third kappa shape index (κ3) is 1.78. The summed E-state index contributed by atoms with van der Waals surface area (Å²) in [6.07, 6.45) is 0. The summed E-state index contributed by atoms with van der Waals surface area (Å²) in [7, 11) is 1.86. The van der Waals surface area contributed by atoms with Crippen LogP contribution in [0.25, 0.3) is 10.9 Å². The van der Waals surface area contributed by atoms with Crippen LogP contribution < -0.4 is 5.73 Å². The number of aliphatic hydroxyl groups is 1. The molecule has 0 amide bonds. The van der Waals surface area contributed by atoms with Gasteiger partial charge in [0, 0.05) is 16.9 Å². The molecule has 1 unspecified atom stereocenters. The van der Waals surface area contributed by atoms with Gasteiger partial charge in [-0.15, -0.1) is 0 Å². The summed E-state index contributed by atoms with van der Waals surface area (Å²) in [4.78, 5) is 0. The molecule has 0 aliphatic heterocycles. The van der Waals surface area contributed by atoms with E-state index in [2.05, 4.69) is 21.0 Å². The summed E-state index contributed by atoms with van der Waals surface area (Å²) in [6.45, 7) is -0.0986. The summed E-state index contributed by atoms with van der Waals surface area (Å²) >= 11 is 3.41. The molecule has 1 atom stereocenters. The van der Waals surface area contributed by atoms with Crippen molar-refractivity contribution in [2.75, 3.05) is 6.61 Å². The average molecular weight is 270 g/mol. The van der Waals surface area contributed by atoms with Gasteiger partial charge >= 0.3 is 0 Å². The summed E-state index contributed by atoms with van der Waals surface area (Å²) < 4.78 is 2.75. The number of hydrogen-bond donors (Lipinski definition) is 2. The van der Waals surface area contributed by atoms with E-state index in [0.717, 1.165) is 21.1 Å². The molecule has 5 heteroatoms. The number of aromatic nitrogens is 2. The van der Waals surface area contributed by atoms with Crippen molar-refractivity contribution in [2.24, 2.45) is 12.8 Å². The van der Waals surface area contributed by atoms with Crippen LogP contribution in [0, 0.1) is 0 Å². The highest BCUT2D eigenvalue weighted by Gasteiger charge is 2.14. The summed E-state index contributed by atoms with van der Waals surface area (Å²) in [5.74, 6) is 0. The Bertz CT molecular complexity index is 495. The smallest absolute Gasteiger partial charge is 0.0894 e. The molecule has 80 valence electrons. The van der Waals surface area contributed by atoms with Gasteiger partial charge in [-0.05, 0) is 18.2 Å². The zero-order valence-corrected chi connectivity index (χ0v) is 9.90. The van der Waals surface area contributed by atoms with Crippen molar-refractivity contribution in [1.29, 1.82) is 0 Å². The highest BCUT2D eigenvalue weighted by Crippen LogP contribution is 2.25. The maximum atomic E-state index is 9.04. The number of hydrogen-bond acceptors (Lipinski definition) is 3. The summed E-state index contributed by atoms with van der Waals surface area (Å²) in [5.41, 5.74) is 7.53. The third-order valence-electron chi connectivity index (χ3n) is 2.39. The highest BCUT2D eigenvalue weighted by molar-refractivity contribution is 9.10. The average Bonchev–Trinajstić information content (AvgIpc) is 2.54. The Kier molecular flexibility index (Phi) is 2.77. The van der Waals surface area contributed by atoms with Crippen LogP contribution in [0.5, 0.6) is 0 Å². The van der Waals surface area contributed by atoms with Crippen molar-refractivity contribution in [3.05, 3.63) is 28.4 Å². The standard InChI is InChI=1S/C10H12BrN3O/c1-14-9-3-2-6(11)4-7(9)10(13-14)8(12)5-15/h2-4,8,15H,5,12H2,1H3. The molecule has 1 heterocycles. The lowest BCUT2D eigenvalue weighted by Gasteiger charge is -2.03. The predicted octanol–water partition coefficient (Wildman–Crippen LogP) is 1.33. The maximum Gasteiger partial charge on any atom is 0.0894 e. The lowest BCUT2D eigenvalue weighted by molar-refractivity contribution is 0.266. The fourth-order valence-electron chi connectivity index (χ4n) is 1.63. The first-order valence-corrected chi connectivity index (χ1v) is 5.41. The van der Waals surface area contributed by atoms with Crippen LogP contribution in [-0.4, -0.2) is 21.5 Å². The minimum atomic E-state index is -0.428. The summed E-state index contributed by atoms with van der Waals surface area (Å²) in [5, 5.41) is 14.3. The third-order valence-corrected chi connectivity index (χ3v) is 2.88. The molecule has 15 heavy (non-hydrogen) atoms. The first kappa shape index (κ1) is 10.6. The quantitative estimate of drug-likeness (QED) is 0.865. The molecule has 0 spiro atoms. The van der Waals surface area contributed by atoms with E-state index < -0.39 is 6.04 Å². The van der Waals surface area contributed by atoms with Crippen molar-refractivity contribution in [2.45, 2.75) is 6.04 Å². The second kappa shape index (κ2) is 3.92. The first-order valence-electron chi connectivity index (χ1n) is 4.62. The number of nitrogens with zero attached hydrogens (tertiary/aromatic N) is 2. The van der Waals surface area contributed by atoms with Gasteiger partial charge in [-0.3, -0.25) is 4.68 Å². The Morgan fingerprint density at radius 3 is 3.00 bits per heavy atom. The second-order valence-electron chi connectivity index (χ2n) is 3.46. The molecule has 0 saturated carbocycles. The van der Waals surface area contributed by atoms with Crippen molar-refractivity contribution < 1.29 is 5.11 Å². The molecule has 0 bridgehead atoms. The fraction of sp³-hybridized carbons (Fsp3) is 0.300. The van der Waals surface area contributed by atoms with Gasteiger partial charge in [0.1, 0.15) is 0 Å². The molecule has 1 aromatic carbocycles. The number of aryl methyl sites for hydroxylation is 1. The molecular weight excluding hydrogens is 258 g/mol. The van der Waals surface area contributed by atoms with Crippen LogP contribution in [0.2, 0.25) is 0 Å². The molecule has 2 aromatic rings. The lowest BCUT2D eigenvalue weighted by atomic mass is 10.1. The number of aliphatic hydroxyl groups excluding tert-OH is 1. The van der Waals surface area contributed by atoms with E-state index in [1.165, 1.54) is 0 Å². The zero-order valence-electron chi connectivity index (χ0n) is 8.31. The molecule has 2 rings (SSSR count). The topological polar surface area (TPSA) is 64.1 Å². The van der Waals surface area contributed by atoms with Gasteiger partial charge in [-0.1, -0.05) is 15.9 Å². The molecule has 3 N–H and O–H groups in total. The SMILES string of the molecule is Cn1nc(C(N)CO)c2cc(Br)ccc21. The van der Waals surface area contributed by atoms with Crippen LogP contribution in [0.1, 0.15) is 11.7 Å². The van der Waals surface area contributed by atoms with Crippen LogP contribution >= 0.6 is 15.9 Å². The first-order chi connectivity index (χ1) is 7.13. The fourth-order valence-corrected chi connectivity index (χ4v) is 1.99. The minimum absolute atomic E-state index is 0.0986. The van der Waals surface area contributed by atoms with Crippen LogP contribution in [0.4, 0.5) is 0 Å². The van der Waals surface area contributed by atoms with Gasteiger partial charge in [0.25, 0.3) is 0 Å². The number of nitrogens with two attached hydrogens (primary N) is 1. The van der Waals surface area contributed by atoms with E-state index in [1.54, 1.807) is 4.68 Å². The Morgan fingerprint density at radius 1 is 1.60 bits per heavy atom. The molecule has 0 saturated heterocycles. The molecule has 1 aromatic heterocycles. The van der Waals surface area contributed by atoms with E-state index in [9.17, 15) is 0 Å². The lowest BCUT2D eigenvalue weighted by Crippen LogP contribution is -2.15. The van der Waals surface area contributed by atoms with E-state index in [4.69, 9.17) is 10.8 Å². The van der Waals surface area contributed by atoms with Gasteiger partial charge in [0.2, 0.25) is 0 Å². The second-order valence-corrected chi connectivity index (χ2v) is 4.38. The molecular formula is C10H12BrN3O. The number of halogens is 1. The molecule has 0 fully saturated rings. The van der Waals surface area contributed by atoms with E-state index >= 15 is 0 Å². The molecule has 0 aliphatic rings. The Morgan fingerprint density at radius 2 is 2.33 bits per heavy atom. The number of benzene rings is 1. The van der Waals surface area contributed by atoms with Crippen molar-refractivity contribution in [3.8, 4) is 0 Å².